The predicted octanol–water partition coefficient (Wildman–Crippen LogP) is 3.87. The molecule has 5 rings (SSSR count). The van der Waals surface area contributed by atoms with E-state index in [1.54, 1.807) is 17.2 Å². The summed E-state index contributed by atoms with van der Waals surface area (Å²) in [4.78, 5) is 81.7. The summed E-state index contributed by atoms with van der Waals surface area (Å²) in [6.45, 7) is 6.62. The molecular weight excluding hydrogens is 827 g/mol. The van der Waals surface area contributed by atoms with Gasteiger partial charge in [-0.1, -0.05) is 56.3 Å². The number of carbonyl (C=O) groups excluding carboxylic acids is 5. The number of aliphatic carboxylic acids is 1. The summed E-state index contributed by atoms with van der Waals surface area (Å²) in [5.41, 5.74) is 7.52. The zero-order valence-corrected chi connectivity index (χ0v) is 35.7. The van der Waals surface area contributed by atoms with Gasteiger partial charge in [-0.25, -0.2) is 13.6 Å². The average molecular weight is 879 g/mol. The summed E-state index contributed by atoms with van der Waals surface area (Å²) in [5.74, 6) is -4.54. The van der Waals surface area contributed by atoms with Gasteiger partial charge in [-0.15, -0.1) is 11.8 Å². The van der Waals surface area contributed by atoms with Gasteiger partial charge in [0.1, 0.15) is 24.2 Å². The maximum atomic E-state index is 15.1. The minimum atomic E-state index is -1.32. The number of benzene rings is 2. The molecule has 2 aromatic heterocycles. The fourth-order valence-electron chi connectivity index (χ4n) is 7.09. The zero-order valence-electron chi connectivity index (χ0n) is 34.9. The van der Waals surface area contributed by atoms with E-state index in [2.05, 4.69) is 20.8 Å². The van der Waals surface area contributed by atoms with Gasteiger partial charge in [0.2, 0.25) is 35.4 Å². The average Bonchev–Trinajstić information content (AvgIpc) is 3.94. The number of halogens is 2. The van der Waals surface area contributed by atoms with E-state index in [9.17, 15) is 38.3 Å². The van der Waals surface area contributed by atoms with Gasteiger partial charge < -0.3 is 35.5 Å². The Labute approximate surface area is 362 Å². The quantitative estimate of drug-likeness (QED) is 0.0827. The molecule has 5 N–H and O–H groups in total. The number of aromatic nitrogens is 3. The van der Waals surface area contributed by atoms with Gasteiger partial charge in [0.15, 0.2) is 5.82 Å². The third-order valence-electron chi connectivity index (χ3n) is 10.0. The molecule has 0 radical (unpaired) electrons. The zero-order chi connectivity index (χ0) is 45.0. The van der Waals surface area contributed by atoms with Crippen LogP contribution in [0, 0.1) is 17.0 Å². The molecule has 0 bridgehead atoms. The highest BCUT2D eigenvalue weighted by Gasteiger charge is 2.37. The number of amides is 5. The van der Waals surface area contributed by atoms with Gasteiger partial charge in [-0.05, 0) is 48.2 Å². The highest BCUT2D eigenvalue weighted by molar-refractivity contribution is 8.00. The molecule has 1 saturated heterocycles. The molecule has 3 heterocycles. The van der Waals surface area contributed by atoms with Crippen molar-refractivity contribution in [3.8, 4) is 11.1 Å². The van der Waals surface area contributed by atoms with Crippen molar-refractivity contribution in [2.75, 3.05) is 37.7 Å². The molecule has 4 aromatic rings. The molecule has 1 aliphatic heterocycles. The number of carbonyl (C=O) groups is 6. The van der Waals surface area contributed by atoms with Crippen LogP contribution < -0.4 is 16.4 Å². The van der Waals surface area contributed by atoms with Gasteiger partial charge in [0.25, 0.3) is 0 Å². The number of rotatable bonds is 22. The Morgan fingerprint density at radius 2 is 1.74 bits per heavy atom. The van der Waals surface area contributed by atoms with Crippen LogP contribution in [0.2, 0.25) is 0 Å². The number of carboxylic acids is 1. The number of nitrogens with zero attached hydrogens (tertiary/aromatic N) is 5. The first-order valence-corrected chi connectivity index (χ1v) is 21.4. The van der Waals surface area contributed by atoms with Crippen molar-refractivity contribution >= 4 is 47.3 Å². The Bertz CT molecular complexity index is 2210. The summed E-state index contributed by atoms with van der Waals surface area (Å²) in [6.07, 6.45) is 2.41. The number of imide groups is 1. The topological polar surface area (TPSA) is 223 Å². The van der Waals surface area contributed by atoms with Crippen molar-refractivity contribution in [3.05, 3.63) is 95.4 Å². The summed E-state index contributed by atoms with van der Waals surface area (Å²) in [5, 5.41) is 18.9. The number of nitrogens with one attached hydrogen (secondary N) is 2. The minimum absolute atomic E-state index is 0.0305. The van der Waals surface area contributed by atoms with Crippen LogP contribution in [0.15, 0.2) is 65.3 Å². The van der Waals surface area contributed by atoms with E-state index in [1.807, 2.05) is 55.7 Å². The van der Waals surface area contributed by atoms with E-state index in [0.29, 0.717) is 30.8 Å². The summed E-state index contributed by atoms with van der Waals surface area (Å²) in [6, 6.07) is 12.8. The van der Waals surface area contributed by atoms with Gasteiger partial charge in [0, 0.05) is 80.5 Å². The molecule has 1 aliphatic rings. The lowest BCUT2D eigenvalue weighted by molar-refractivity contribution is -0.142. The van der Waals surface area contributed by atoms with Gasteiger partial charge in [-0.2, -0.15) is 4.98 Å². The first-order chi connectivity index (χ1) is 29.5. The lowest BCUT2D eigenvalue weighted by Crippen LogP contribution is -2.45. The first-order valence-electron chi connectivity index (χ1n) is 20.2. The van der Waals surface area contributed by atoms with Crippen LogP contribution in [0.1, 0.15) is 75.5 Å². The van der Waals surface area contributed by atoms with Gasteiger partial charge in [0.05, 0.1) is 11.8 Å². The monoisotopic (exact) mass is 878 g/mol. The molecule has 16 nitrogen and oxygen atoms in total. The number of carboxylic acid groups (broad SMARTS) is 1. The lowest BCUT2D eigenvalue weighted by Gasteiger charge is -2.41. The SMILES string of the molecule is CC(C)(C)C(c1cc(-c2cc(F)ccc2F)cn1Cc1ccccc1)N(CCCN)C(=O)CSCC(NC(=O)CCc1noc(CCNC(=O)CN2C(=O)CCC2=O)n1)C(=O)O. The number of hydrogen-bond acceptors (Lipinski definition) is 11. The van der Waals surface area contributed by atoms with E-state index >= 15 is 4.39 Å². The molecule has 5 amide bonds. The number of hydrogen-bond donors (Lipinski definition) is 4. The fourth-order valence-corrected chi connectivity index (χ4v) is 8.01. The molecule has 2 aromatic carbocycles. The van der Waals surface area contributed by atoms with Crippen molar-refractivity contribution in [1.82, 2.24) is 35.1 Å². The van der Waals surface area contributed by atoms with Crippen LogP contribution in [-0.4, -0.2) is 109 Å². The molecule has 332 valence electrons. The van der Waals surface area contributed by atoms with Crippen molar-refractivity contribution in [1.29, 1.82) is 0 Å². The third-order valence-corrected chi connectivity index (χ3v) is 11.1. The fraction of sp³-hybridized carbons (Fsp3) is 0.442. The molecule has 62 heavy (non-hydrogen) atoms. The highest BCUT2D eigenvalue weighted by atomic mass is 32.2. The molecule has 1 fully saturated rings. The maximum Gasteiger partial charge on any atom is 0.327 e. The number of likely N-dealkylation sites (tertiary alicyclic amines) is 1. The molecular formula is C43H52F2N8O8S. The van der Waals surface area contributed by atoms with E-state index < -0.39 is 58.7 Å². The molecule has 0 aliphatic carbocycles. The summed E-state index contributed by atoms with van der Waals surface area (Å²) < 4.78 is 36.6. The minimum Gasteiger partial charge on any atom is -0.480 e. The second kappa shape index (κ2) is 21.7. The normalized spacial score (nSPS) is 13.9. The largest absolute Gasteiger partial charge is 0.480 e. The third kappa shape index (κ3) is 13.0. The molecule has 0 spiro atoms. The van der Waals surface area contributed by atoms with Crippen molar-refractivity contribution in [2.24, 2.45) is 11.1 Å². The van der Waals surface area contributed by atoms with E-state index in [0.717, 1.165) is 40.4 Å². The van der Waals surface area contributed by atoms with E-state index in [-0.39, 0.29) is 86.4 Å². The highest BCUT2D eigenvalue weighted by Crippen LogP contribution is 2.41. The summed E-state index contributed by atoms with van der Waals surface area (Å²) >= 11 is 1.05. The number of thioether (sulfide) groups is 1. The Morgan fingerprint density at radius 3 is 2.42 bits per heavy atom. The van der Waals surface area contributed by atoms with E-state index in [4.69, 9.17) is 10.3 Å². The maximum absolute atomic E-state index is 15.1. The second-order valence-corrected chi connectivity index (χ2v) is 17.0. The van der Waals surface area contributed by atoms with Crippen LogP contribution in [0.3, 0.4) is 0 Å². The summed E-state index contributed by atoms with van der Waals surface area (Å²) in [7, 11) is 0. The molecule has 0 saturated carbocycles. The molecule has 2 unspecified atom stereocenters. The van der Waals surface area contributed by atoms with Crippen molar-refractivity contribution < 1.29 is 47.2 Å². The molecule has 19 heteroatoms. The van der Waals surface area contributed by atoms with Crippen LogP contribution in [0.4, 0.5) is 8.78 Å². The second-order valence-electron chi connectivity index (χ2n) is 15.9. The van der Waals surface area contributed by atoms with Crippen LogP contribution >= 0.6 is 11.8 Å². The van der Waals surface area contributed by atoms with Crippen molar-refractivity contribution in [2.45, 2.75) is 77.9 Å². The van der Waals surface area contributed by atoms with E-state index in [1.165, 1.54) is 0 Å². The van der Waals surface area contributed by atoms with Crippen LogP contribution in [0.25, 0.3) is 11.1 Å². The Balaban J connectivity index is 1.20. The Kier molecular flexibility index (Phi) is 16.5. The smallest absolute Gasteiger partial charge is 0.327 e. The van der Waals surface area contributed by atoms with Crippen molar-refractivity contribution in [3.63, 3.8) is 0 Å². The Hall–Kier alpha value is -5.95. The number of aryl methyl sites for hydroxylation is 1. The number of nitrogens with two attached hydrogens (primary N) is 1. The lowest BCUT2D eigenvalue weighted by atomic mass is 9.83. The predicted molar refractivity (Wildman–Crippen MR) is 225 cm³/mol. The van der Waals surface area contributed by atoms with Gasteiger partial charge >= 0.3 is 5.97 Å². The van der Waals surface area contributed by atoms with Gasteiger partial charge in [-0.3, -0.25) is 28.9 Å². The van der Waals surface area contributed by atoms with Crippen LogP contribution in [-0.2, 0) is 48.2 Å². The van der Waals surface area contributed by atoms with Crippen LogP contribution in [0.5, 0.6) is 0 Å². The Morgan fingerprint density at radius 1 is 1.02 bits per heavy atom. The molecule has 2 atom stereocenters. The standard InChI is InChI=1S/C43H52F2N8O8S/c1-43(2,3)41(33-20-28(30-21-29(44)10-11-31(30)45)23-51(33)22-27-8-5-4-6-9-27)52(19-7-17-46)40(58)26-62-25-32(42(59)60)48-35(54)13-12-34-49-37(61-50-34)16-18-47-36(55)24-53-38(56)14-15-39(53)57/h4-6,8-11,20-21,23,32,41H,7,12-19,22,24-26,46H2,1-3H3,(H,47,55)(H,48,54)(H,59,60). The first kappa shape index (κ1) is 47.1.